The van der Waals surface area contributed by atoms with Crippen LogP contribution >= 0.6 is 0 Å². The molecule has 0 amide bonds. The second kappa shape index (κ2) is 8.71. The molecule has 0 bridgehead atoms. The maximum absolute atomic E-state index is 12.1. The van der Waals surface area contributed by atoms with Gasteiger partial charge in [-0.25, -0.2) is 4.68 Å². The first-order valence-electron chi connectivity index (χ1n) is 7.20. The van der Waals surface area contributed by atoms with Crippen molar-refractivity contribution >= 4 is 5.69 Å². The van der Waals surface area contributed by atoms with Gasteiger partial charge in [-0.3, -0.25) is 4.79 Å². The second-order valence-electron chi connectivity index (χ2n) is 4.62. The number of nitrogens with one attached hydrogen (secondary N) is 1. The molecule has 1 unspecified atom stereocenters. The van der Waals surface area contributed by atoms with Gasteiger partial charge in [0.1, 0.15) is 0 Å². The minimum Gasteiger partial charge on any atom is -0.383 e. The predicted octanol–water partition coefficient (Wildman–Crippen LogP) is 0.714. The summed E-state index contributed by atoms with van der Waals surface area (Å²) >= 11 is 0. The topological polar surface area (TPSA) is 59.4 Å². The van der Waals surface area contributed by atoms with Crippen molar-refractivity contribution in [2.45, 2.75) is 33.4 Å². The van der Waals surface area contributed by atoms with Crippen molar-refractivity contribution in [2.24, 2.45) is 0 Å². The molecule has 0 saturated carbocycles. The number of hydrogen-bond acceptors (Lipinski definition) is 5. The second-order valence-corrected chi connectivity index (χ2v) is 4.62. The molecule has 0 aliphatic heterocycles. The Morgan fingerprint density at radius 3 is 2.60 bits per heavy atom. The molecule has 6 heteroatoms. The highest BCUT2D eigenvalue weighted by molar-refractivity contribution is 5.42. The van der Waals surface area contributed by atoms with Gasteiger partial charge in [0.25, 0.3) is 5.56 Å². The standard InChI is InChI=1S/C14H26N4O2/c1-5-15-12(11-20-4)10-18-14(19)8-13(9-16-18)17(6-2)7-3/h8-9,12,15H,5-7,10-11H2,1-4H3. The van der Waals surface area contributed by atoms with E-state index < -0.39 is 0 Å². The normalized spacial score (nSPS) is 12.4. The zero-order valence-electron chi connectivity index (χ0n) is 12.9. The number of aromatic nitrogens is 2. The molecule has 1 atom stereocenters. The lowest BCUT2D eigenvalue weighted by molar-refractivity contribution is 0.157. The molecule has 0 aliphatic rings. The Balaban J connectivity index is 2.84. The van der Waals surface area contributed by atoms with E-state index in [-0.39, 0.29) is 11.6 Å². The lowest BCUT2D eigenvalue weighted by atomic mass is 10.3. The number of likely N-dealkylation sites (N-methyl/N-ethyl adjacent to an activating group) is 1. The Labute approximate surface area is 120 Å². The van der Waals surface area contributed by atoms with E-state index in [4.69, 9.17) is 4.74 Å². The lowest BCUT2D eigenvalue weighted by Crippen LogP contribution is -2.40. The first-order chi connectivity index (χ1) is 9.65. The molecule has 0 spiro atoms. The Hall–Kier alpha value is -1.40. The molecule has 1 aromatic heterocycles. The largest absolute Gasteiger partial charge is 0.383 e. The molecule has 6 nitrogen and oxygen atoms in total. The van der Waals surface area contributed by atoms with Crippen molar-refractivity contribution < 1.29 is 4.74 Å². The Kier molecular flexibility index (Phi) is 7.25. The first-order valence-corrected chi connectivity index (χ1v) is 7.20. The first kappa shape index (κ1) is 16.7. The van der Waals surface area contributed by atoms with E-state index in [1.165, 1.54) is 4.68 Å². The highest BCUT2D eigenvalue weighted by Crippen LogP contribution is 2.08. The minimum atomic E-state index is -0.0755. The van der Waals surface area contributed by atoms with Crippen LogP contribution in [0, 0.1) is 0 Å². The molecule has 0 fully saturated rings. The molecule has 0 aliphatic carbocycles. The summed E-state index contributed by atoms with van der Waals surface area (Å²) < 4.78 is 6.64. The van der Waals surface area contributed by atoms with Crippen LogP contribution in [0.2, 0.25) is 0 Å². The molecule has 114 valence electrons. The summed E-state index contributed by atoms with van der Waals surface area (Å²) in [5.41, 5.74) is 0.802. The van der Waals surface area contributed by atoms with Crippen molar-refractivity contribution in [3.05, 3.63) is 22.6 Å². The molecule has 20 heavy (non-hydrogen) atoms. The Morgan fingerprint density at radius 2 is 2.10 bits per heavy atom. The van der Waals surface area contributed by atoms with Crippen molar-refractivity contribution in [1.29, 1.82) is 0 Å². The highest BCUT2D eigenvalue weighted by atomic mass is 16.5. The molecule has 1 heterocycles. The van der Waals surface area contributed by atoms with Crippen LogP contribution in [0.1, 0.15) is 20.8 Å². The van der Waals surface area contributed by atoms with E-state index in [1.54, 1.807) is 19.4 Å². The highest BCUT2D eigenvalue weighted by Gasteiger charge is 2.11. The predicted molar refractivity (Wildman–Crippen MR) is 81.4 cm³/mol. The van der Waals surface area contributed by atoms with Crippen LogP contribution in [-0.4, -0.2) is 49.2 Å². The fraction of sp³-hybridized carbons (Fsp3) is 0.714. The summed E-state index contributed by atoms with van der Waals surface area (Å²) in [7, 11) is 1.66. The van der Waals surface area contributed by atoms with Gasteiger partial charge >= 0.3 is 0 Å². The van der Waals surface area contributed by atoms with E-state index in [0.29, 0.717) is 13.2 Å². The zero-order chi connectivity index (χ0) is 15.0. The molecule has 1 aromatic rings. The van der Waals surface area contributed by atoms with Gasteiger partial charge in [0, 0.05) is 26.3 Å². The van der Waals surface area contributed by atoms with Gasteiger partial charge in [0.2, 0.25) is 0 Å². The van der Waals surface area contributed by atoms with E-state index in [2.05, 4.69) is 29.2 Å². The summed E-state index contributed by atoms with van der Waals surface area (Å²) in [6, 6.07) is 1.74. The Bertz CT molecular complexity index is 437. The monoisotopic (exact) mass is 282 g/mol. The number of rotatable bonds is 9. The number of hydrogen-bond donors (Lipinski definition) is 1. The quantitative estimate of drug-likeness (QED) is 0.723. The van der Waals surface area contributed by atoms with Crippen LogP contribution in [0.3, 0.4) is 0 Å². The minimum absolute atomic E-state index is 0.0755. The third-order valence-corrected chi connectivity index (χ3v) is 3.24. The van der Waals surface area contributed by atoms with Gasteiger partial charge in [0.15, 0.2) is 0 Å². The van der Waals surface area contributed by atoms with E-state index in [1.807, 2.05) is 6.92 Å². The van der Waals surface area contributed by atoms with E-state index in [0.717, 1.165) is 25.3 Å². The number of nitrogens with zero attached hydrogens (tertiary/aromatic N) is 3. The van der Waals surface area contributed by atoms with Crippen LogP contribution in [0.5, 0.6) is 0 Å². The molecule has 0 saturated heterocycles. The van der Waals surface area contributed by atoms with Gasteiger partial charge in [-0.15, -0.1) is 0 Å². The molecular weight excluding hydrogens is 256 g/mol. The average Bonchev–Trinajstić information content (AvgIpc) is 2.43. The molecule has 0 aromatic carbocycles. The molecule has 1 rings (SSSR count). The van der Waals surface area contributed by atoms with Crippen LogP contribution in [0.4, 0.5) is 5.69 Å². The van der Waals surface area contributed by atoms with Crippen molar-refractivity contribution in [3.8, 4) is 0 Å². The smallest absolute Gasteiger partial charge is 0.268 e. The summed E-state index contributed by atoms with van der Waals surface area (Å²) in [5.74, 6) is 0. The number of methoxy groups -OCH3 is 1. The summed E-state index contributed by atoms with van der Waals surface area (Å²) in [6.07, 6.45) is 1.75. The van der Waals surface area contributed by atoms with Crippen LogP contribution < -0.4 is 15.8 Å². The average molecular weight is 282 g/mol. The van der Waals surface area contributed by atoms with Crippen molar-refractivity contribution in [2.75, 3.05) is 38.3 Å². The lowest BCUT2D eigenvalue weighted by Gasteiger charge is -2.21. The maximum Gasteiger partial charge on any atom is 0.268 e. The zero-order valence-corrected chi connectivity index (χ0v) is 12.9. The third-order valence-electron chi connectivity index (χ3n) is 3.24. The summed E-state index contributed by atoms with van der Waals surface area (Å²) in [6.45, 7) is 9.79. The van der Waals surface area contributed by atoms with Crippen LogP contribution in [0.25, 0.3) is 0 Å². The van der Waals surface area contributed by atoms with Crippen LogP contribution in [0.15, 0.2) is 17.1 Å². The van der Waals surface area contributed by atoms with Crippen molar-refractivity contribution in [3.63, 3.8) is 0 Å². The van der Waals surface area contributed by atoms with Crippen LogP contribution in [-0.2, 0) is 11.3 Å². The SMILES string of the molecule is CCNC(COC)Cn1ncc(N(CC)CC)cc1=O. The third kappa shape index (κ3) is 4.61. The molecular formula is C14H26N4O2. The molecule has 0 radical (unpaired) electrons. The fourth-order valence-electron chi connectivity index (χ4n) is 2.20. The van der Waals surface area contributed by atoms with E-state index >= 15 is 0 Å². The number of anilines is 1. The van der Waals surface area contributed by atoms with Crippen molar-refractivity contribution in [1.82, 2.24) is 15.1 Å². The number of ether oxygens (including phenoxy) is 1. The van der Waals surface area contributed by atoms with Gasteiger partial charge in [-0.2, -0.15) is 5.10 Å². The Morgan fingerprint density at radius 1 is 1.40 bits per heavy atom. The fourth-order valence-corrected chi connectivity index (χ4v) is 2.20. The van der Waals surface area contributed by atoms with Gasteiger partial charge < -0.3 is 15.0 Å². The van der Waals surface area contributed by atoms with Gasteiger partial charge in [-0.05, 0) is 20.4 Å². The van der Waals surface area contributed by atoms with Gasteiger partial charge in [-0.1, -0.05) is 6.92 Å². The molecule has 1 N–H and O–H groups in total. The van der Waals surface area contributed by atoms with E-state index in [9.17, 15) is 4.79 Å². The summed E-state index contributed by atoms with van der Waals surface area (Å²) in [5, 5.41) is 7.55. The maximum atomic E-state index is 12.1. The van der Waals surface area contributed by atoms with Gasteiger partial charge in [0.05, 0.1) is 31.1 Å². The summed E-state index contributed by atoms with van der Waals surface area (Å²) in [4.78, 5) is 14.2.